The fraction of sp³-hybridized carbons (Fsp3) is 0.286. The van der Waals surface area contributed by atoms with Crippen LogP contribution in [-0.2, 0) is 24.8 Å². The summed E-state index contributed by atoms with van der Waals surface area (Å²) in [6.07, 6.45) is 2.37. The molecule has 3 N–H and O–H groups in total. The van der Waals surface area contributed by atoms with E-state index in [9.17, 15) is 21.6 Å². The number of hydrogen-bond acceptors (Lipinski definition) is 6. The van der Waals surface area contributed by atoms with Crippen LogP contribution in [0, 0.1) is 5.92 Å². The Balaban J connectivity index is 1.44. The van der Waals surface area contributed by atoms with E-state index in [4.69, 9.17) is 9.56 Å². The number of amides is 1. The second-order valence-electron chi connectivity index (χ2n) is 7.70. The predicted octanol–water partition coefficient (Wildman–Crippen LogP) is 2.86. The van der Waals surface area contributed by atoms with Gasteiger partial charge >= 0.3 is 0 Å². The topological polar surface area (TPSA) is 137 Å². The highest BCUT2D eigenvalue weighted by molar-refractivity contribution is 7.92. The number of hydrogen-bond donors (Lipinski definition) is 2. The highest BCUT2D eigenvalue weighted by atomic mass is 32.2. The minimum Gasteiger partial charge on any atom is -0.461 e. The van der Waals surface area contributed by atoms with Crippen molar-refractivity contribution in [3.8, 4) is 0 Å². The first-order valence-corrected chi connectivity index (χ1v) is 12.8. The van der Waals surface area contributed by atoms with Gasteiger partial charge in [0.05, 0.1) is 0 Å². The summed E-state index contributed by atoms with van der Waals surface area (Å²) in [7, 11) is -8.65. The Morgan fingerprint density at radius 2 is 1.52 bits per heavy atom. The van der Waals surface area contributed by atoms with Crippen molar-refractivity contribution in [1.82, 2.24) is 4.72 Å². The maximum atomic E-state index is 12.7. The Hall–Kier alpha value is -2.69. The zero-order valence-corrected chi connectivity index (χ0v) is 18.2. The molecular formula is C21H22N2O6S2. The van der Waals surface area contributed by atoms with Crippen LogP contribution in [0.3, 0.4) is 0 Å². The van der Waals surface area contributed by atoms with Crippen molar-refractivity contribution in [2.75, 3.05) is 0 Å². The number of rotatable bonds is 5. The maximum absolute atomic E-state index is 12.7. The first-order chi connectivity index (χ1) is 14.6. The van der Waals surface area contributed by atoms with Gasteiger partial charge in [-0.1, -0.05) is 30.3 Å². The van der Waals surface area contributed by atoms with E-state index in [1.54, 1.807) is 0 Å². The fourth-order valence-corrected chi connectivity index (χ4v) is 6.45. The molecule has 0 saturated heterocycles. The summed E-state index contributed by atoms with van der Waals surface area (Å²) in [5.74, 6) is -0.102. The third-order valence-corrected chi connectivity index (χ3v) is 8.13. The summed E-state index contributed by atoms with van der Waals surface area (Å²) in [6.45, 7) is 0. The van der Waals surface area contributed by atoms with Gasteiger partial charge in [-0.15, -0.1) is 0 Å². The molecule has 1 aliphatic carbocycles. The number of carbonyl (C=O) groups is 1. The smallest absolute Gasteiger partial charge is 0.265 e. The van der Waals surface area contributed by atoms with Gasteiger partial charge in [-0.25, -0.2) is 26.7 Å². The lowest BCUT2D eigenvalue weighted by atomic mass is 9.80. The lowest BCUT2D eigenvalue weighted by molar-refractivity contribution is -0.124. The number of sulfonamides is 2. The van der Waals surface area contributed by atoms with Crippen LogP contribution in [-0.4, -0.2) is 22.7 Å². The SMILES string of the molecule is NS(=O)(=O)c1ccccc1S(=O)(=O)NC(=O)[C@H]1CC[C@H](c2cc3ccccc3o2)CC1. The van der Waals surface area contributed by atoms with Crippen LogP contribution in [0.5, 0.6) is 0 Å². The fourth-order valence-electron chi connectivity index (χ4n) is 4.02. The molecule has 8 nitrogen and oxygen atoms in total. The van der Waals surface area contributed by atoms with Gasteiger partial charge in [0.25, 0.3) is 10.0 Å². The minimum atomic E-state index is -4.38. The van der Waals surface area contributed by atoms with Crippen LogP contribution >= 0.6 is 0 Å². The number of nitrogens with one attached hydrogen (secondary N) is 1. The Morgan fingerprint density at radius 1 is 0.903 bits per heavy atom. The van der Waals surface area contributed by atoms with Crippen molar-refractivity contribution in [3.63, 3.8) is 0 Å². The van der Waals surface area contributed by atoms with Crippen molar-refractivity contribution in [3.05, 3.63) is 60.4 Å². The number of furan rings is 1. The largest absolute Gasteiger partial charge is 0.461 e. The Morgan fingerprint density at radius 3 is 2.16 bits per heavy atom. The van der Waals surface area contributed by atoms with E-state index in [0.717, 1.165) is 28.9 Å². The molecule has 0 spiro atoms. The third kappa shape index (κ3) is 4.51. The molecule has 0 atom stereocenters. The van der Waals surface area contributed by atoms with E-state index in [0.29, 0.717) is 25.7 Å². The number of nitrogens with two attached hydrogens (primary N) is 1. The molecule has 0 bridgehead atoms. The lowest BCUT2D eigenvalue weighted by Crippen LogP contribution is -2.37. The van der Waals surface area contributed by atoms with Crippen molar-refractivity contribution in [2.24, 2.45) is 11.1 Å². The van der Waals surface area contributed by atoms with Crippen molar-refractivity contribution < 1.29 is 26.0 Å². The molecule has 2 aromatic carbocycles. The van der Waals surface area contributed by atoms with Crippen molar-refractivity contribution in [1.29, 1.82) is 0 Å². The highest BCUT2D eigenvalue weighted by Crippen LogP contribution is 2.38. The summed E-state index contributed by atoms with van der Waals surface area (Å²) in [6, 6.07) is 14.7. The van der Waals surface area contributed by atoms with E-state index in [2.05, 4.69) is 0 Å². The molecule has 0 radical (unpaired) electrons. The second kappa shape index (κ2) is 8.10. The van der Waals surface area contributed by atoms with Crippen LogP contribution in [0.15, 0.2) is 68.8 Å². The van der Waals surface area contributed by atoms with Gasteiger partial charge in [0.2, 0.25) is 15.9 Å². The number of carbonyl (C=O) groups excluding carboxylic acids is 1. The average molecular weight is 463 g/mol. The highest BCUT2D eigenvalue weighted by Gasteiger charge is 2.32. The van der Waals surface area contributed by atoms with Gasteiger partial charge in [0.1, 0.15) is 21.1 Å². The quantitative estimate of drug-likeness (QED) is 0.598. The van der Waals surface area contributed by atoms with E-state index < -0.39 is 41.7 Å². The van der Waals surface area contributed by atoms with Crippen molar-refractivity contribution >= 4 is 36.9 Å². The minimum absolute atomic E-state index is 0.163. The number of para-hydroxylation sites is 1. The van der Waals surface area contributed by atoms with Gasteiger partial charge in [0, 0.05) is 17.2 Å². The van der Waals surface area contributed by atoms with Gasteiger partial charge in [0.15, 0.2) is 0 Å². The molecular weight excluding hydrogens is 440 g/mol. The molecule has 0 unspecified atom stereocenters. The summed E-state index contributed by atoms with van der Waals surface area (Å²) < 4.78 is 56.7. The van der Waals surface area contributed by atoms with Gasteiger partial charge in [-0.2, -0.15) is 0 Å². The zero-order valence-electron chi connectivity index (χ0n) is 16.5. The summed E-state index contributed by atoms with van der Waals surface area (Å²) in [5, 5.41) is 6.14. The maximum Gasteiger partial charge on any atom is 0.265 e. The van der Waals surface area contributed by atoms with Crippen LogP contribution in [0.25, 0.3) is 11.0 Å². The van der Waals surface area contributed by atoms with E-state index >= 15 is 0 Å². The molecule has 0 aliphatic heterocycles. The Kier molecular flexibility index (Phi) is 5.63. The molecule has 1 aromatic heterocycles. The molecule has 1 heterocycles. The normalized spacial score (nSPS) is 19.9. The summed E-state index contributed by atoms with van der Waals surface area (Å²) in [4.78, 5) is 11.5. The zero-order chi connectivity index (χ0) is 22.2. The number of primary sulfonamides is 1. The van der Waals surface area contributed by atoms with E-state index in [1.807, 2.05) is 35.1 Å². The molecule has 164 valence electrons. The van der Waals surface area contributed by atoms with Crippen LogP contribution in [0.1, 0.15) is 37.4 Å². The molecule has 31 heavy (non-hydrogen) atoms. The number of fused-ring (bicyclic) bond motifs is 1. The first-order valence-electron chi connectivity index (χ1n) is 9.82. The standard InChI is InChI=1S/C21H22N2O6S2/c22-30(25,26)19-7-3-4-8-20(19)31(27,28)23-21(24)15-11-9-14(10-12-15)18-13-16-5-1-2-6-17(16)29-18/h1-8,13-15H,9-12H2,(H,23,24)(H2,22,25,26)/t14-,15-. The van der Waals surface area contributed by atoms with Gasteiger partial charge < -0.3 is 4.42 Å². The Bertz CT molecular complexity index is 1300. The van der Waals surface area contributed by atoms with Gasteiger partial charge in [-0.3, -0.25) is 4.79 Å². The monoisotopic (exact) mass is 462 g/mol. The van der Waals surface area contributed by atoms with Crippen molar-refractivity contribution in [2.45, 2.75) is 41.4 Å². The van der Waals surface area contributed by atoms with Crippen LogP contribution in [0.2, 0.25) is 0 Å². The molecule has 1 amide bonds. The van der Waals surface area contributed by atoms with E-state index in [1.165, 1.54) is 12.1 Å². The number of benzene rings is 2. The second-order valence-corrected chi connectivity index (χ2v) is 10.9. The lowest BCUT2D eigenvalue weighted by Gasteiger charge is -2.26. The third-order valence-electron chi connectivity index (χ3n) is 5.63. The average Bonchev–Trinajstić information content (AvgIpc) is 3.17. The molecule has 10 heteroatoms. The van der Waals surface area contributed by atoms with Crippen LogP contribution < -0.4 is 9.86 Å². The van der Waals surface area contributed by atoms with E-state index in [-0.39, 0.29) is 5.92 Å². The first kappa shape index (κ1) is 21.5. The molecule has 4 rings (SSSR count). The molecule has 3 aromatic rings. The predicted molar refractivity (Wildman–Crippen MR) is 114 cm³/mol. The van der Waals surface area contributed by atoms with Crippen LogP contribution in [0.4, 0.5) is 0 Å². The van der Waals surface area contributed by atoms with Gasteiger partial charge in [-0.05, 0) is 49.9 Å². The molecule has 1 aliphatic rings. The Labute approximate surface area is 180 Å². The molecule has 1 fully saturated rings. The molecule has 1 saturated carbocycles. The summed E-state index contributed by atoms with van der Waals surface area (Å²) in [5.41, 5.74) is 0.817. The summed E-state index contributed by atoms with van der Waals surface area (Å²) >= 11 is 0.